The summed E-state index contributed by atoms with van der Waals surface area (Å²) in [5.74, 6) is -2.89. The van der Waals surface area contributed by atoms with Crippen LogP contribution in [0.5, 0.6) is 0 Å². The molecule has 0 amide bonds. The number of halogens is 4. The average Bonchev–Trinajstić information content (AvgIpc) is 2.01. The molecule has 0 fully saturated rings. The zero-order valence-electron chi connectivity index (χ0n) is 7.84. The lowest BCUT2D eigenvalue weighted by molar-refractivity contribution is 0.495. The predicted octanol–water partition coefficient (Wildman–Crippen LogP) is 1.87. The van der Waals surface area contributed by atoms with Gasteiger partial charge in [0.2, 0.25) is 0 Å². The number of hydrogen-bond acceptors (Lipinski definition) is 2. The summed E-state index contributed by atoms with van der Waals surface area (Å²) in [5.41, 5.74) is 10.4. The molecule has 1 rings (SSSR count). The lowest BCUT2D eigenvalue weighted by Gasteiger charge is -2.12. The Morgan fingerprint density at radius 1 is 1.13 bits per heavy atom. The molecule has 0 bridgehead atoms. The van der Waals surface area contributed by atoms with Gasteiger partial charge in [0.05, 0.1) is 0 Å². The molecule has 86 valence electrons. The molecule has 0 heterocycles. The van der Waals surface area contributed by atoms with Gasteiger partial charge in [0.1, 0.15) is 17.5 Å². The van der Waals surface area contributed by atoms with E-state index >= 15 is 0 Å². The van der Waals surface area contributed by atoms with Gasteiger partial charge < -0.3 is 11.5 Å². The highest BCUT2D eigenvalue weighted by Gasteiger charge is 2.17. The zero-order chi connectivity index (χ0) is 10.7. The zero-order valence-corrected chi connectivity index (χ0v) is 8.66. The maximum Gasteiger partial charge on any atom is 0.133 e. The number of hydrogen-bond donors (Lipinski definition) is 2. The number of benzene rings is 1. The molecule has 6 heteroatoms. The lowest BCUT2D eigenvalue weighted by atomic mass is 10.0. The molecule has 1 atom stereocenters. The monoisotopic (exact) mass is 240 g/mol. The van der Waals surface area contributed by atoms with Crippen LogP contribution >= 0.6 is 12.4 Å². The van der Waals surface area contributed by atoms with Gasteiger partial charge in [-0.1, -0.05) is 0 Å². The summed E-state index contributed by atoms with van der Waals surface area (Å²) in [6.07, 6.45) is 0.249. The Bertz CT molecular complexity index is 310. The SMILES string of the molecule is Cl.NCC[C@@H](N)c1c(F)cc(F)cc1F. The van der Waals surface area contributed by atoms with Gasteiger partial charge in [-0.2, -0.15) is 0 Å². The van der Waals surface area contributed by atoms with Gasteiger partial charge in [0.15, 0.2) is 0 Å². The summed E-state index contributed by atoms with van der Waals surface area (Å²) < 4.78 is 38.7. The first kappa shape index (κ1) is 14.2. The highest BCUT2D eigenvalue weighted by atomic mass is 35.5. The first-order valence-electron chi connectivity index (χ1n) is 4.16. The van der Waals surface area contributed by atoms with Crippen molar-refractivity contribution in [3.8, 4) is 0 Å². The van der Waals surface area contributed by atoms with E-state index in [4.69, 9.17) is 11.5 Å². The van der Waals surface area contributed by atoms with Crippen molar-refractivity contribution in [2.45, 2.75) is 12.5 Å². The van der Waals surface area contributed by atoms with Gasteiger partial charge in [-0.15, -0.1) is 12.4 Å². The summed E-state index contributed by atoms with van der Waals surface area (Å²) in [5, 5.41) is 0. The molecule has 0 unspecified atom stereocenters. The average molecular weight is 241 g/mol. The molecule has 0 saturated heterocycles. The summed E-state index contributed by atoms with van der Waals surface area (Å²) in [7, 11) is 0. The lowest BCUT2D eigenvalue weighted by Crippen LogP contribution is -2.18. The topological polar surface area (TPSA) is 52.0 Å². The first-order chi connectivity index (χ1) is 6.56. The Kier molecular flexibility index (Phi) is 5.64. The van der Waals surface area contributed by atoms with Crippen molar-refractivity contribution < 1.29 is 13.2 Å². The molecule has 1 aromatic rings. The van der Waals surface area contributed by atoms with Gasteiger partial charge in [-0.25, -0.2) is 13.2 Å². The Morgan fingerprint density at radius 2 is 1.60 bits per heavy atom. The summed E-state index contributed by atoms with van der Waals surface area (Å²) >= 11 is 0. The summed E-state index contributed by atoms with van der Waals surface area (Å²) in [6, 6.07) is 0.379. The second-order valence-electron chi connectivity index (χ2n) is 2.97. The van der Waals surface area contributed by atoms with Crippen LogP contribution in [0.1, 0.15) is 18.0 Å². The molecule has 15 heavy (non-hydrogen) atoms. The van der Waals surface area contributed by atoms with Crippen LogP contribution < -0.4 is 11.5 Å². The van der Waals surface area contributed by atoms with Gasteiger partial charge in [0.25, 0.3) is 0 Å². The first-order valence-corrected chi connectivity index (χ1v) is 4.16. The third-order valence-corrected chi connectivity index (χ3v) is 1.89. The second kappa shape index (κ2) is 5.95. The van der Waals surface area contributed by atoms with Crippen LogP contribution in [0.2, 0.25) is 0 Å². The van der Waals surface area contributed by atoms with E-state index in [0.717, 1.165) is 0 Å². The van der Waals surface area contributed by atoms with E-state index in [1.165, 1.54) is 0 Å². The van der Waals surface area contributed by atoms with E-state index in [1.807, 2.05) is 0 Å². The van der Waals surface area contributed by atoms with E-state index < -0.39 is 23.5 Å². The molecular formula is C9H12ClF3N2. The summed E-state index contributed by atoms with van der Waals surface area (Å²) in [4.78, 5) is 0. The second-order valence-corrected chi connectivity index (χ2v) is 2.97. The molecule has 0 aliphatic rings. The normalized spacial score (nSPS) is 12.1. The van der Waals surface area contributed by atoms with Crippen molar-refractivity contribution in [3.63, 3.8) is 0 Å². The number of nitrogens with two attached hydrogens (primary N) is 2. The van der Waals surface area contributed by atoms with E-state index in [9.17, 15) is 13.2 Å². The molecule has 0 aliphatic heterocycles. The van der Waals surface area contributed by atoms with Crippen molar-refractivity contribution in [2.24, 2.45) is 11.5 Å². The van der Waals surface area contributed by atoms with Gasteiger partial charge in [-0.05, 0) is 13.0 Å². The molecule has 4 N–H and O–H groups in total. The highest BCUT2D eigenvalue weighted by molar-refractivity contribution is 5.85. The fourth-order valence-electron chi connectivity index (χ4n) is 1.23. The molecule has 2 nitrogen and oxygen atoms in total. The highest BCUT2D eigenvalue weighted by Crippen LogP contribution is 2.22. The van der Waals surface area contributed by atoms with E-state index in [2.05, 4.69) is 0 Å². The fourth-order valence-corrected chi connectivity index (χ4v) is 1.23. The standard InChI is InChI=1S/C9H11F3N2.ClH/c10-5-3-6(11)9(7(12)4-5)8(14)1-2-13;/h3-4,8H,1-2,13-14H2;1H/t8-;/m1./s1. The number of rotatable bonds is 3. The third kappa shape index (κ3) is 3.37. The van der Waals surface area contributed by atoms with Gasteiger partial charge in [0, 0.05) is 23.7 Å². The molecule has 0 saturated carbocycles. The van der Waals surface area contributed by atoms with E-state index in [0.29, 0.717) is 12.1 Å². The minimum Gasteiger partial charge on any atom is -0.330 e. The van der Waals surface area contributed by atoms with Crippen LogP contribution in [0.3, 0.4) is 0 Å². The minimum absolute atomic E-state index is 0. The molecular weight excluding hydrogens is 229 g/mol. The molecule has 0 spiro atoms. The van der Waals surface area contributed by atoms with Crippen LogP contribution in [0.4, 0.5) is 13.2 Å². The van der Waals surface area contributed by atoms with Gasteiger partial charge >= 0.3 is 0 Å². The maximum absolute atomic E-state index is 13.1. The van der Waals surface area contributed by atoms with Crippen LogP contribution in [-0.4, -0.2) is 6.54 Å². The third-order valence-electron chi connectivity index (χ3n) is 1.89. The quantitative estimate of drug-likeness (QED) is 0.848. The largest absolute Gasteiger partial charge is 0.330 e. The maximum atomic E-state index is 13.1. The van der Waals surface area contributed by atoms with Crippen LogP contribution in [0.15, 0.2) is 12.1 Å². The molecule has 0 aliphatic carbocycles. The van der Waals surface area contributed by atoms with Crippen molar-refractivity contribution in [3.05, 3.63) is 35.1 Å². The van der Waals surface area contributed by atoms with Crippen molar-refractivity contribution in [1.82, 2.24) is 0 Å². The van der Waals surface area contributed by atoms with Crippen molar-refractivity contribution in [2.75, 3.05) is 6.54 Å². The molecule has 1 aromatic carbocycles. The Labute approximate surface area is 91.9 Å². The van der Waals surface area contributed by atoms with Crippen LogP contribution in [0, 0.1) is 17.5 Å². The van der Waals surface area contributed by atoms with Crippen molar-refractivity contribution >= 4 is 12.4 Å². The molecule has 0 aromatic heterocycles. The van der Waals surface area contributed by atoms with E-state index in [1.54, 1.807) is 0 Å². The molecule has 0 radical (unpaired) electrons. The summed E-state index contributed by atoms with van der Waals surface area (Å²) in [6.45, 7) is 0.220. The Morgan fingerprint density at radius 3 is 2.00 bits per heavy atom. The Hall–Kier alpha value is -0.780. The van der Waals surface area contributed by atoms with E-state index in [-0.39, 0.29) is 30.9 Å². The smallest absolute Gasteiger partial charge is 0.133 e. The van der Waals surface area contributed by atoms with Crippen molar-refractivity contribution in [1.29, 1.82) is 0 Å². The van der Waals surface area contributed by atoms with Gasteiger partial charge in [-0.3, -0.25) is 0 Å². The fraction of sp³-hybridized carbons (Fsp3) is 0.333. The predicted molar refractivity (Wildman–Crippen MR) is 54.2 cm³/mol. The Balaban J connectivity index is 0.00000196. The van der Waals surface area contributed by atoms with Crippen LogP contribution in [0.25, 0.3) is 0 Å². The minimum atomic E-state index is -0.969. The van der Waals surface area contributed by atoms with Crippen LogP contribution in [-0.2, 0) is 0 Å².